The summed E-state index contributed by atoms with van der Waals surface area (Å²) >= 11 is 0. The minimum absolute atomic E-state index is 0.0946. The van der Waals surface area contributed by atoms with Crippen molar-refractivity contribution in [2.45, 2.75) is 30.2 Å². The number of rotatable bonds is 3. The second-order valence-corrected chi connectivity index (χ2v) is 8.12. The Morgan fingerprint density at radius 1 is 1.08 bits per heavy atom. The Morgan fingerprint density at radius 3 is 2.67 bits per heavy atom. The number of carbonyl (C=O) groups excluding carboxylic acids is 1. The SMILES string of the molecule is O=C1Cc2cc(S(=O)(=O)N3CCCC3c3ccccc3)ccc2N1. The molecule has 1 unspecified atom stereocenters. The lowest BCUT2D eigenvalue weighted by molar-refractivity contribution is -0.115. The second-order valence-electron chi connectivity index (χ2n) is 6.23. The van der Waals surface area contributed by atoms with E-state index in [1.165, 1.54) is 0 Å². The highest BCUT2D eigenvalue weighted by Crippen LogP contribution is 2.37. The van der Waals surface area contributed by atoms with Gasteiger partial charge in [0, 0.05) is 12.2 Å². The molecule has 0 aliphatic carbocycles. The van der Waals surface area contributed by atoms with Crippen LogP contribution in [0.15, 0.2) is 53.4 Å². The summed E-state index contributed by atoms with van der Waals surface area (Å²) in [6.45, 7) is 0.524. The fraction of sp³-hybridized carbons (Fsp3) is 0.278. The Labute approximate surface area is 141 Å². The molecule has 1 fully saturated rings. The average Bonchev–Trinajstić information content (AvgIpc) is 3.20. The van der Waals surface area contributed by atoms with E-state index in [9.17, 15) is 13.2 Å². The molecule has 0 aromatic heterocycles. The Morgan fingerprint density at radius 2 is 1.88 bits per heavy atom. The average molecular weight is 342 g/mol. The molecule has 124 valence electrons. The van der Waals surface area contributed by atoms with E-state index in [4.69, 9.17) is 0 Å². The van der Waals surface area contributed by atoms with Gasteiger partial charge in [0.15, 0.2) is 0 Å². The summed E-state index contributed by atoms with van der Waals surface area (Å²) in [6, 6.07) is 14.5. The number of amides is 1. The van der Waals surface area contributed by atoms with Crippen molar-refractivity contribution in [1.29, 1.82) is 0 Å². The molecular formula is C18H18N2O3S. The third-order valence-electron chi connectivity index (χ3n) is 4.70. The topological polar surface area (TPSA) is 66.5 Å². The quantitative estimate of drug-likeness (QED) is 0.933. The molecule has 1 saturated heterocycles. The Bertz CT molecular complexity index is 894. The van der Waals surface area contributed by atoms with Crippen LogP contribution in [-0.4, -0.2) is 25.2 Å². The molecule has 2 aliphatic heterocycles. The summed E-state index contributed by atoms with van der Waals surface area (Å²) in [5, 5.41) is 2.73. The van der Waals surface area contributed by atoms with Gasteiger partial charge in [-0.05, 0) is 42.2 Å². The van der Waals surface area contributed by atoms with Gasteiger partial charge in [0.1, 0.15) is 0 Å². The fourth-order valence-electron chi connectivity index (χ4n) is 3.54. The van der Waals surface area contributed by atoms with Crippen LogP contribution in [-0.2, 0) is 21.2 Å². The molecule has 0 spiro atoms. The summed E-state index contributed by atoms with van der Waals surface area (Å²) in [4.78, 5) is 11.7. The van der Waals surface area contributed by atoms with Gasteiger partial charge in [-0.25, -0.2) is 8.42 Å². The first kappa shape index (κ1) is 15.4. The first-order chi connectivity index (χ1) is 11.6. The number of hydrogen-bond acceptors (Lipinski definition) is 3. The van der Waals surface area contributed by atoms with Crippen LogP contribution in [0.2, 0.25) is 0 Å². The van der Waals surface area contributed by atoms with Gasteiger partial charge in [-0.1, -0.05) is 30.3 Å². The van der Waals surface area contributed by atoms with Crippen molar-refractivity contribution in [3.05, 3.63) is 59.7 Å². The van der Waals surface area contributed by atoms with E-state index >= 15 is 0 Å². The monoisotopic (exact) mass is 342 g/mol. The van der Waals surface area contributed by atoms with Crippen molar-refractivity contribution < 1.29 is 13.2 Å². The second kappa shape index (κ2) is 5.72. The van der Waals surface area contributed by atoms with Crippen LogP contribution in [0.5, 0.6) is 0 Å². The molecule has 6 heteroatoms. The summed E-state index contributed by atoms with van der Waals surface area (Å²) in [5.74, 6) is -0.0946. The Hall–Kier alpha value is -2.18. The van der Waals surface area contributed by atoms with Crippen molar-refractivity contribution in [3.63, 3.8) is 0 Å². The van der Waals surface area contributed by atoms with Gasteiger partial charge in [-0.3, -0.25) is 4.79 Å². The molecule has 2 heterocycles. The molecule has 2 aromatic rings. The van der Waals surface area contributed by atoms with Crippen molar-refractivity contribution in [2.75, 3.05) is 11.9 Å². The van der Waals surface area contributed by atoms with Crippen molar-refractivity contribution in [2.24, 2.45) is 0 Å². The molecule has 24 heavy (non-hydrogen) atoms. The first-order valence-corrected chi connectivity index (χ1v) is 9.49. The van der Waals surface area contributed by atoms with Gasteiger partial charge >= 0.3 is 0 Å². The molecule has 1 atom stereocenters. The van der Waals surface area contributed by atoms with E-state index in [0.29, 0.717) is 12.2 Å². The molecule has 2 aromatic carbocycles. The van der Waals surface area contributed by atoms with Gasteiger partial charge < -0.3 is 5.32 Å². The zero-order chi connectivity index (χ0) is 16.7. The predicted molar refractivity (Wildman–Crippen MR) is 91.1 cm³/mol. The maximum atomic E-state index is 13.1. The third-order valence-corrected chi connectivity index (χ3v) is 6.60. The molecule has 5 nitrogen and oxygen atoms in total. The van der Waals surface area contributed by atoms with Gasteiger partial charge in [-0.15, -0.1) is 0 Å². The number of fused-ring (bicyclic) bond motifs is 1. The number of hydrogen-bond donors (Lipinski definition) is 1. The van der Waals surface area contributed by atoms with E-state index < -0.39 is 10.0 Å². The third kappa shape index (κ3) is 2.52. The zero-order valence-corrected chi connectivity index (χ0v) is 13.9. The highest BCUT2D eigenvalue weighted by Gasteiger charge is 2.36. The fourth-order valence-corrected chi connectivity index (χ4v) is 5.27. The molecular weight excluding hydrogens is 324 g/mol. The molecule has 4 rings (SSSR count). The highest BCUT2D eigenvalue weighted by atomic mass is 32.2. The van der Waals surface area contributed by atoms with Crippen LogP contribution < -0.4 is 5.32 Å². The van der Waals surface area contributed by atoms with Crippen LogP contribution in [0.3, 0.4) is 0 Å². The molecule has 0 bridgehead atoms. The zero-order valence-electron chi connectivity index (χ0n) is 13.1. The lowest BCUT2D eigenvalue weighted by atomic mass is 10.1. The van der Waals surface area contributed by atoms with Crippen LogP contribution in [0.4, 0.5) is 5.69 Å². The number of nitrogens with zero attached hydrogens (tertiary/aromatic N) is 1. The summed E-state index contributed by atoms with van der Waals surface area (Å²) in [5.41, 5.74) is 2.48. The van der Waals surface area contributed by atoms with E-state index in [1.54, 1.807) is 22.5 Å². The van der Waals surface area contributed by atoms with Gasteiger partial charge in [0.25, 0.3) is 0 Å². The molecule has 0 saturated carbocycles. The number of carbonyl (C=O) groups is 1. The maximum Gasteiger partial charge on any atom is 0.243 e. The van der Waals surface area contributed by atoms with Crippen LogP contribution in [0.1, 0.15) is 30.0 Å². The highest BCUT2D eigenvalue weighted by molar-refractivity contribution is 7.89. The minimum Gasteiger partial charge on any atom is -0.326 e. The predicted octanol–water partition coefficient (Wildman–Crippen LogP) is 2.71. The summed E-state index contributed by atoms with van der Waals surface area (Å²) in [7, 11) is -3.58. The van der Waals surface area contributed by atoms with Crippen molar-refractivity contribution in [3.8, 4) is 0 Å². The van der Waals surface area contributed by atoms with Crippen molar-refractivity contribution in [1.82, 2.24) is 4.31 Å². The number of benzene rings is 2. The van der Waals surface area contributed by atoms with E-state index in [0.717, 1.165) is 24.0 Å². The minimum atomic E-state index is -3.58. The standard InChI is InChI=1S/C18H18N2O3S/c21-18-12-14-11-15(8-9-16(14)19-18)24(22,23)20-10-4-7-17(20)13-5-2-1-3-6-13/h1-3,5-6,8-9,11,17H,4,7,10,12H2,(H,19,21). The van der Waals surface area contributed by atoms with Crippen LogP contribution in [0, 0.1) is 0 Å². The molecule has 1 amide bonds. The Kier molecular flexibility index (Phi) is 3.66. The van der Waals surface area contributed by atoms with Crippen LogP contribution >= 0.6 is 0 Å². The van der Waals surface area contributed by atoms with Crippen LogP contribution in [0.25, 0.3) is 0 Å². The smallest absolute Gasteiger partial charge is 0.243 e. The van der Waals surface area contributed by atoms with E-state index in [1.807, 2.05) is 30.3 Å². The molecule has 1 N–H and O–H groups in total. The van der Waals surface area contributed by atoms with Gasteiger partial charge in [0.2, 0.25) is 15.9 Å². The first-order valence-electron chi connectivity index (χ1n) is 8.05. The Balaban J connectivity index is 1.70. The summed E-state index contributed by atoms with van der Waals surface area (Å²) in [6.07, 6.45) is 1.92. The molecule has 0 radical (unpaired) electrons. The number of sulfonamides is 1. The van der Waals surface area contributed by atoms with Gasteiger partial charge in [-0.2, -0.15) is 4.31 Å². The summed E-state index contributed by atoms with van der Waals surface area (Å²) < 4.78 is 27.8. The lowest BCUT2D eigenvalue weighted by Crippen LogP contribution is -2.30. The molecule has 2 aliphatic rings. The maximum absolute atomic E-state index is 13.1. The lowest BCUT2D eigenvalue weighted by Gasteiger charge is -2.24. The number of nitrogens with one attached hydrogen (secondary N) is 1. The van der Waals surface area contributed by atoms with Crippen molar-refractivity contribution >= 4 is 21.6 Å². The number of anilines is 1. The largest absolute Gasteiger partial charge is 0.326 e. The van der Waals surface area contributed by atoms with Gasteiger partial charge in [0.05, 0.1) is 17.4 Å². The van der Waals surface area contributed by atoms with E-state index in [2.05, 4.69) is 5.32 Å². The normalized spacial score (nSPS) is 20.8. The van der Waals surface area contributed by atoms with E-state index in [-0.39, 0.29) is 23.3 Å².